The van der Waals surface area contributed by atoms with E-state index in [0.717, 1.165) is 24.0 Å². The average molecular weight is 319 g/mol. The van der Waals surface area contributed by atoms with Gasteiger partial charge in [-0.2, -0.15) is 5.11 Å². The van der Waals surface area contributed by atoms with Gasteiger partial charge in [0.1, 0.15) is 5.75 Å². The Hall–Kier alpha value is -1.16. The van der Waals surface area contributed by atoms with Crippen molar-refractivity contribution < 1.29 is 4.74 Å². The van der Waals surface area contributed by atoms with Crippen LogP contribution in [0.1, 0.15) is 58.4 Å². The van der Waals surface area contributed by atoms with Gasteiger partial charge in [-0.25, -0.2) is 4.78 Å². The summed E-state index contributed by atoms with van der Waals surface area (Å²) in [7, 11) is 0.595. The van der Waals surface area contributed by atoms with Gasteiger partial charge in [-0.1, -0.05) is 64.7 Å². The van der Waals surface area contributed by atoms with Crippen LogP contribution in [0.4, 0.5) is 0 Å². The van der Waals surface area contributed by atoms with Crippen molar-refractivity contribution in [3.63, 3.8) is 0 Å². The molecule has 1 aromatic rings. The Morgan fingerprint density at radius 2 is 1.95 bits per heavy atom. The Balaban J connectivity index is 2.50. The number of ether oxygens (including phenoxy) is 1. The second kappa shape index (κ2) is 12.4. The highest BCUT2D eigenvalue weighted by molar-refractivity contribution is 6.32. The standard InChI is InChI=1S/C18H30N2OSi/c1-4-7-10-16(6-3)15-21-18-12-9-8-11-17(18)14-19-20-22-13-5-2/h8-9,11-12,16H,4-7,10,13-15H2,1-3H3. The van der Waals surface area contributed by atoms with Crippen LogP contribution in [-0.4, -0.2) is 16.3 Å². The largest absolute Gasteiger partial charge is 0.493 e. The molecule has 0 spiro atoms. The van der Waals surface area contributed by atoms with Crippen molar-refractivity contribution in [2.45, 2.75) is 65.5 Å². The SMILES string of the molecule is CCCCC(CC)COc1ccccc1CN=N[Si]CCC. The van der Waals surface area contributed by atoms with Gasteiger partial charge in [0.05, 0.1) is 13.2 Å². The van der Waals surface area contributed by atoms with E-state index < -0.39 is 0 Å². The summed E-state index contributed by atoms with van der Waals surface area (Å²) in [5.74, 6) is 1.62. The first kappa shape index (κ1) is 18.9. The van der Waals surface area contributed by atoms with E-state index in [1.807, 2.05) is 18.2 Å². The van der Waals surface area contributed by atoms with E-state index in [9.17, 15) is 0 Å². The summed E-state index contributed by atoms with van der Waals surface area (Å²) < 4.78 is 10.3. The van der Waals surface area contributed by atoms with Crippen LogP contribution >= 0.6 is 0 Å². The van der Waals surface area contributed by atoms with Crippen molar-refractivity contribution in [3.8, 4) is 5.75 Å². The third-order valence-electron chi connectivity index (χ3n) is 3.73. The predicted molar refractivity (Wildman–Crippen MR) is 94.7 cm³/mol. The number of benzene rings is 1. The molecule has 0 aromatic heterocycles. The van der Waals surface area contributed by atoms with Crippen LogP contribution in [-0.2, 0) is 6.54 Å². The molecule has 4 heteroatoms. The molecule has 0 saturated carbocycles. The third-order valence-corrected chi connectivity index (χ3v) is 4.74. The Morgan fingerprint density at radius 1 is 1.14 bits per heavy atom. The highest BCUT2D eigenvalue weighted by atomic mass is 28.2. The fourth-order valence-electron chi connectivity index (χ4n) is 2.20. The number of para-hydroxylation sites is 1. The van der Waals surface area contributed by atoms with Crippen molar-refractivity contribution in [3.05, 3.63) is 29.8 Å². The smallest absolute Gasteiger partial charge is 0.241 e. The summed E-state index contributed by atoms with van der Waals surface area (Å²) in [4.78, 5) is 0. The second-order valence-corrected chi connectivity index (χ2v) is 6.66. The van der Waals surface area contributed by atoms with E-state index in [2.05, 4.69) is 36.7 Å². The molecule has 0 fully saturated rings. The van der Waals surface area contributed by atoms with Gasteiger partial charge >= 0.3 is 0 Å². The number of rotatable bonds is 12. The van der Waals surface area contributed by atoms with E-state index in [1.165, 1.54) is 32.1 Å². The summed E-state index contributed by atoms with van der Waals surface area (Å²) in [5, 5.41) is 4.29. The molecule has 0 aliphatic heterocycles. The molecule has 0 bridgehead atoms. The quantitative estimate of drug-likeness (QED) is 0.277. The minimum Gasteiger partial charge on any atom is -0.493 e. The lowest BCUT2D eigenvalue weighted by atomic mass is 10.0. The predicted octanol–water partition coefficient (Wildman–Crippen LogP) is 5.68. The van der Waals surface area contributed by atoms with Gasteiger partial charge in [-0.3, -0.25) is 0 Å². The van der Waals surface area contributed by atoms with E-state index in [4.69, 9.17) is 4.74 Å². The normalized spacial score (nSPS) is 12.7. The molecule has 1 aromatic carbocycles. The molecule has 0 saturated heterocycles. The van der Waals surface area contributed by atoms with Gasteiger partial charge in [0.2, 0.25) is 9.68 Å². The number of unbranched alkanes of at least 4 members (excludes halogenated alkanes) is 1. The Kier molecular flexibility index (Phi) is 10.6. The van der Waals surface area contributed by atoms with Crippen LogP contribution in [0, 0.1) is 5.92 Å². The minimum absolute atomic E-state index is 0.595. The summed E-state index contributed by atoms with van der Waals surface area (Å²) in [5.41, 5.74) is 1.14. The highest BCUT2D eigenvalue weighted by Crippen LogP contribution is 2.21. The monoisotopic (exact) mass is 318 g/mol. The molecule has 3 nitrogen and oxygen atoms in total. The fraction of sp³-hybridized carbons (Fsp3) is 0.667. The Morgan fingerprint density at radius 3 is 2.68 bits per heavy atom. The number of hydrogen-bond acceptors (Lipinski definition) is 3. The van der Waals surface area contributed by atoms with Crippen molar-refractivity contribution in [2.24, 2.45) is 15.8 Å². The van der Waals surface area contributed by atoms with E-state index in [1.54, 1.807) is 0 Å². The number of hydrogen-bond donors (Lipinski definition) is 0. The van der Waals surface area contributed by atoms with Crippen LogP contribution in [0.15, 0.2) is 34.2 Å². The summed E-state index contributed by atoms with van der Waals surface area (Å²) >= 11 is 0. The zero-order valence-electron chi connectivity index (χ0n) is 14.3. The fourth-order valence-corrected chi connectivity index (χ4v) is 2.70. The molecule has 0 aliphatic rings. The third kappa shape index (κ3) is 7.73. The van der Waals surface area contributed by atoms with Crippen LogP contribution < -0.4 is 4.74 Å². The molecule has 0 N–H and O–H groups in total. The topological polar surface area (TPSA) is 34.0 Å². The first-order chi connectivity index (χ1) is 10.8. The lowest BCUT2D eigenvalue weighted by Crippen LogP contribution is -2.12. The van der Waals surface area contributed by atoms with Gasteiger partial charge in [0, 0.05) is 5.56 Å². The van der Waals surface area contributed by atoms with Gasteiger partial charge < -0.3 is 4.74 Å². The number of nitrogens with zero attached hydrogens (tertiary/aromatic N) is 2. The first-order valence-corrected chi connectivity index (χ1v) is 9.77. The van der Waals surface area contributed by atoms with Gasteiger partial charge in [0.25, 0.3) is 0 Å². The lowest BCUT2D eigenvalue weighted by Gasteiger charge is -2.17. The molecule has 0 aliphatic carbocycles. The Bertz CT molecular complexity index is 423. The van der Waals surface area contributed by atoms with Crippen molar-refractivity contribution >= 4 is 9.68 Å². The molecule has 0 amide bonds. The van der Waals surface area contributed by atoms with Crippen molar-refractivity contribution in [1.82, 2.24) is 0 Å². The molecule has 0 heterocycles. The van der Waals surface area contributed by atoms with E-state index >= 15 is 0 Å². The van der Waals surface area contributed by atoms with E-state index in [-0.39, 0.29) is 0 Å². The van der Waals surface area contributed by atoms with E-state index in [0.29, 0.717) is 22.1 Å². The minimum atomic E-state index is 0.595. The summed E-state index contributed by atoms with van der Waals surface area (Å²) in [6, 6.07) is 9.34. The van der Waals surface area contributed by atoms with Gasteiger partial charge in [-0.05, 0) is 24.4 Å². The molecule has 1 atom stereocenters. The molecule has 122 valence electrons. The second-order valence-electron chi connectivity index (χ2n) is 5.64. The maximum atomic E-state index is 6.07. The molecule has 22 heavy (non-hydrogen) atoms. The maximum absolute atomic E-state index is 6.07. The molecular weight excluding hydrogens is 288 g/mol. The highest BCUT2D eigenvalue weighted by Gasteiger charge is 2.09. The molecular formula is C18H30N2OSi. The van der Waals surface area contributed by atoms with Crippen LogP contribution in [0.5, 0.6) is 5.75 Å². The van der Waals surface area contributed by atoms with Crippen LogP contribution in [0.2, 0.25) is 6.04 Å². The molecule has 2 radical (unpaired) electrons. The van der Waals surface area contributed by atoms with Crippen LogP contribution in [0.25, 0.3) is 0 Å². The van der Waals surface area contributed by atoms with Crippen molar-refractivity contribution in [1.29, 1.82) is 0 Å². The van der Waals surface area contributed by atoms with Crippen LogP contribution in [0.3, 0.4) is 0 Å². The zero-order chi connectivity index (χ0) is 16.0. The zero-order valence-corrected chi connectivity index (χ0v) is 15.3. The Labute approximate surface area is 138 Å². The average Bonchev–Trinajstić information content (AvgIpc) is 2.56. The first-order valence-electron chi connectivity index (χ1n) is 8.61. The molecule has 1 unspecified atom stereocenters. The van der Waals surface area contributed by atoms with Gasteiger partial charge in [-0.15, -0.1) is 0 Å². The van der Waals surface area contributed by atoms with Crippen molar-refractivity contribution in [2.75, 3.05) is 6.61 Å². The van der Waals surface area contributed by atoms with Gasteiger partial charge in [0.15, 0.2) is 0 Å². The summed E-state index contributed by atoms with van der Waals surface area (Å²) in [6.07, 6.45) is 6.16. The molecule has 1 rings (SSSR count). The maximum Gasteiger partial charge on any atom is 0.241 e. The lowest BCUT2D eigenvalue weighted by molar-refractivity contribution is 0.231. The summed E-state index contributed by atoms with van der Waals surface area (Å²) in [6.45, 7) is 8.10.